The van der Waals surface area contributed by atoms with E-state index in [-0.39, 0.29) is 17.2 Å². The predicted octanol–water partition coefficient (Wildman–Crippen LogP) is 2.01. The van der Waals surface area contributed by atoms with Crippen molar-refractivity contribution in [3.63, 3.8) is 0 Å². The average Bonchev–Trinajstić information content (AvgIpc) is 2.91. The van der Waals surface area contributed by atoms with Crippen LogP contribution in [0.3, 0.4) is 0 Å². The Labute approximate surface area is 172 Å². The fraction of sp³-hybridized carbons (Fsp3) is 0.0526. The molecule has 0 saturated heterocycles. The summed E-state index contributed by atoms with van der Waals surface area (Å²) in [6.45, 7) is 0. The number of fused-ring (bicyclic) bond motifs is 1. The number of primary sulfonamides is 1. The normalized spacial score (nSPS) is 15.8. The average molecular weight is 447 g/mol. The number of aliphatic hydroxyl groups is 1. The zero-order chi connectivity index (χ0) is 21.7. The van der Waals surface area contributed by atoms with Gasteiger partial charge in [0.25, 0.3) is 0 Å². The highest BCUT2D eigenvalue weighted by Crippen LogP contribution is 2.37. The molecule has 1 aliphatic heterocycles. The largest absolute Gasteiger partial charge is 0.506 e. The Balaban J connectivity index is 1.80. The third kappa shape index (κ3) is 3.90. The van der Waals surface area contributed by atoms with E-state index < -0.39 is 26.1 Å². The van der Waals surface area contributed by atoms with E-state index in [0.29, 0.717) is 16.3 Å². The van der Waals surface area contributed by atoms with Gasteiger partial charge >= 0.3 is 10.2 Å². The molecule has 0 bridgehead atoms. The van der Waals surface area contributed by atoms with E-state index in [1.807, 2.05) is 10.8 Å². The number of phenolic OH excluding ortho intramolecular Hbond substituents is 1. The summed E-state index contributed by atoms with van der Waals surface area (Å²) < 4.78 is 49.7. The van der Waals surface area contributed by atoms with Crippen molar-refractivity contribution >= 4 is 36.7 Å². The van der Waals surface area contributed by atoms with Crippen molar-refractivity contribution in [2.75, 3.05) is 4.31 Å². The summed E-state index contributed by atoms with van der Waals surface area (Å²) in [4.78, 5) is 0. The van der Waals surface area contributed by atoms with Gasteiger partial charge in [-0.2, -0.15) is 8.42 Å². The molecule has 1 heterocycles. The second-order valence-corrected chi connectivity index (χ2v) is 9.99. The topological polar surface area (TPSA) is 150 Å². The van der Waals surface area contributed by atoms with Crippen LogP contribution in [0, 0.1) is 0 Å². The number of rotatable bonds is 4. The molecule has 0 amide bonds. The number of anilines is 1. The van der Waals surface area contributed by atoms with Gasteiger partial charge in [0.15, 0.2) is 0 Å². The van der Waals surface area contributed by atoms with Gasteiger partial charge in [0.1, 0.15) is 11.4 Å². The van der Waals surface area contributed by atoms with Crippen molar-refractivity contribution in [2.24, 2.45) is 5.14 Å². The Bertz CT molecular complexity index is 1420. The van der Waals surface area contributed by atoms with Gasteiger partial charge in [-0.25, -0.2) is 22.6 Å². The minimum Gasteiger partial charge on any atom is -0.506 e. The summed E-state index contributed by atoms with van der Waals surface area (Å²) in [5.74, 6) is -1.13. The van der Waals surface area contributed by atoms with Crippen molar-refractivity contribution in [1.82, 2.24) is 4.72 Å². The van der Waals surface area contributed by atoms with Crippen LogP contribution in [-0.2, 0) is 26.0 Å². The molecule has 156 valence electrons. The lowest BCUT2D eigenvalue weighted by atomic mass is 9.99. The van der Waals surface area contributed by atoms with E-state index in [1.54, 1.807) is 36.4 Å². The number of hydrogen-bond acceptors (Lipinski definition) is 6. The molecule has 0 fully saturated rings. The Kier molecular flexibility index (Phi) is 4.60. The van der Waals surface area contributed by atoms with E-state index in [9.17, 15) is 27.0 Å². The van der Waals surface area contributed by atoms with E-state index in [2.05, 4.69) is 0 Å². The lowest BCUT2D eigenvalue weighted by Gasteiger charge is -2.16. The highest BCUT2D eigenvalue weighted by Gasteiger charge is 2.30. The second-order valence-electron chi connectivity index (χ2n) is 6.83. The molecule has 0 radical (unpaired) electrons. The minimum atomic E-state index is -4.05. The van der Waals surface area contributed by atoms with Crippen LogP contribution in [0.4, 0.5) is 5.69 Å². The number of aromatic hydroxyl groups is 1. The molecule has 0 saturated carbocycles. The van der Waals surface area contributed by atoms with E-state index in [0.717, 1.165) is 21.6 Å². The number of phenols is 1. The van der Waals surface area contributed by atoms with Gasteiger partial charge in [-0.1, -0.05) is 36.4 Å². The molecular formula is C19H17N3O6S2. The Morgan fingerprint density at radius 1 is 0.967 bits per heavy atom. The molecule has 4 rings (SSSR count). The lowest BCUT2D eigenvalue weighted by Crippen LogP contribution is -2.29. The van der Waals surface area contributed by atoms with Crippen LogP contribution in [-0.4, -0.2) is 27.0 Å². The van der Waals surface area contributed by atoms with Crippen LogP contribution in [0.1, 0.15) is 5.56 Å². The van der Waals surface area contributed by atoms with E-state index in [4.69, 9.17) is 5.14 Å². The number of hydrogen-bond donors (Lipinski definition) is 4. The number of nitrogens with two attached hydrogens (primary N) is 1. The molecule has 0 unspecified atom stereocenters. The summed E-state index contributed by atoms with van der Waals surface area (Å²) >= 11 is 0. The number of nitrogens with zero attached hydrogens (tertiary/aromatic N) is 1. The molecule has 0 spiro atoms. The first-order valence-corrected chi connectivity index (χ1v) is 11.8. The quantitative estimate of drug-likeness (QED) is 0.480. The fourth-order valence-corrected chi connectivity index (χ4v) is 4.99. The first-order valence-electron chi connectivity index (χ1n) is 8.61. The Morgan fingerprint density at radius 2 is 1.70 bits per heavy atom. The lowest BCUT2D eigenvalue weighted by molar-refractivity contribution is 0.392. The molecule has 0 aromatic heterocycles. The number of aliphatic hydroxyl groups excluding tert-OH is 1. The zero-order valence-corrected chi connectivity index (χ0v) is 17.0. The van der Waals surface area contributed by atoms with Crippen LogP contribution in [0.5, 0.6) is 5.75 Å². The maximum Gasteiger partial charge on any atom is 0.330 e. The molecule has 9 nitrogen and oxygen atoms in total. The summed E-state index contributed by atoms with van der Waals surface area (Å²) in [6, 6.07) is 15.2. The Morgan fingerprint density at radius 3 is 2.37 bits per heavy atom. The molecule has 0 atom stereocenters. The third-order valence-electron chi connectivity index (χ3n) is 4.53. The summed E-state index contributed by atoms with van der Waals surface area (Å²) in [6.07, 6.45) is 0.955. The van der Waals surface area contributed by atoms with Crippen LogP contribution in [0.25, 0.3) is 21.9 Å². The Hall–Kier alpha value is -3.28. The maximum absolute atomic E-state index is 12.1. The highest BCUT2D eigenvalue weighted by atomic mass is 32.2. The molecule has 1 aliphatic rings. The summed E-state index contributed by atoms with van der Waals surface area (Å²) in [5.41, 5.74) is 2.02. The maximum atomic E-state index is 12.1. The second kappa shape index (κ2) is 6.90. The van der Waals surface area contributed by atoms with Crippen molar-refractivity contribution in [3.05, 3.63) is 72.2 Å². The third-order valence-corrected chi connectivity index (χ3v) is 6.55. The van der Waals surface area contributed by atoms with E-state index >= 15 is 0 Å². The first-order chi connectivity index (χ1) is 14.0. The molecule has 30 heavy (non-hydrogen) atoms. The SMILES string of the molecule is NS(=O)(=O)Cc1cccc(-c2ccc3cc(O)c(N4C=C(O)NS4(=O)=O)cc3c2)c1. The highest BCUT2D eigenvalue weighted by molar-refractivity contribution is 7.91. The van der Waals surface area contributed by atoms with Gasteiger partial charge in [-0.05, 0) is 45.7 Å². The van der Waals surface area contributed by atoms with Crippen LogP contribution in [0.2, 0.25) is 0 Å². The minimum absolute atomic E-state index is 0.0285. The summed E-state index contributed by atoms with van der Waals surface area (Å²) in [5, 5.41) is 26.2. The fourth-order valence-electron chi connectivity index (χ4n) is 3.29. The summed E-state index contributed by atoms with van der Waals surface area (Å²) in [7, 11) is -7.72. The first kappa shape index (κ1) is 20.0. The molecular weight excluding hydrogens is 430 g/mol. The number of sulfonamides is 1. The van der Waals surface area contributed by atoms with Crippen LogP contribution < -0.4 is 14.2 Å². The number of benzene rings is 3. The van der Waals surface area contributed by atoms with Gasteiger partial charge in [0.2, 0.25) is 15.9 Å². The van der Waals surface area contributed by atoms with Crippen molar-refractivity contribution in [2.45, 2.75) is 5.75 Å². The van der Waals surface area contributed by atoms with Crippen LogP contribution >= 0.6 is 0 Å². The molecule has 3 aromatic carbocycles. The monoisotopic (exact) mass is 447 g/mol. The van der Waals surface area contributed by atoms with Gasteiger partial charge in [0, 0.05) is 0 Å². The van der Waals surface area contributed by atoms with Gasteiger partial charge < -0.3 is 10.2 Å². The standard InChI is InChI=1S/C19H17N3O6S2/c20-29(25,26)11-12-2-1-3-13(6-12)14-4-5-15-9-18(23)17(8-16(15)7-14)22-10-19(24)21-30(22,27)28/h1-10,21,23-24H,11H2,(H2,20,25,26). The smallest absolute Gasteiger partial charge is 0.330 e. The molecule has 5 N–H and O–H groups in total. The molecule has 0 aliphatic carbocycles. The number of nitrogens with one attached hydrogen (secondary N) is 1. The predicted molar refractivity (Wildman–Crippen MR) is 113 cm³/mol. The van der Waals surface area contributed by atoms with E-state index in [1.165, 1.54) is 12.1 Å². The van der Waals surface area contributed by atoms with Crippen molar-refractivity contribution < 1.29 is 27.0 Å². The zero-order valence-electron chi connectivity index (χ0n) is 15.3. The van der Waals surface area contributed by atoms with Gasteiger partial charge in [0.05, 0.1) is 12.0 Å². The molecule has 11 heteroatoms. The van der Waals surface area contributed by atoms with Gasteiger partial charge in [-0.15, -0.1) is 0 Å². The van der Waals surface area contributed by atoms with Crippen molar-refractivity contribution in [1.29, 1.82) is 0 Å². The van der Waals surface area contributed by atoms with Crippen LogP contribution in [0.15, 0.2) is 66.7 Å². The van der Waals surface area contributed by atoms with Crippen molar-refractivity contribution in [3.8, 4) is 16.9 Å². The molecule has 3 aromatic rings. The van der Waals surface area contributed by atoms with Gasteiger partial charge in [-0.3, -0.25) is 0 Å².